The van der Waals surface area contributed by atoms with Gasteiger partial charge in [0.05, 0.1) is 24.2 Å². The molecule has 7 nitrogen and oxygen atoms in total. The maximum atomic E-state index is 12.5. The van der Waals surface area contributed by atoms with Gasteiger partial charge in [0.15, 0.2) is 0 Å². The predicted octanol–water partition coefficient (Wildman–Crippen LogP) is 2.01. The number of benzene rings is 1. The van der Waals surface area contributed by atoms with Gasteiger partial charge in [0.25, 0.3) is 11.8 Å². The fourth-order valence-electron chi connectivity index (χ4n) is 3.32. The molecule has 1 aromatic carbocycles. The topological polar surface area (TPSA) is 84.0 Å². The molecule has 7 heteroatoms. The van der Waals surface area contributed by atoms with Gasteiger partial charge in [-0.25, -0.2) is 0 Å². The molecule has 3 rings (SSSR count). The zero-order valence-electron chi connectivity index (χ0n) is 15.5. The minimum atomic E-state index is -0.304. The summed E-state index contributed by atoms with van der Waals surface area (Å²) in [7, 11) is 0. The Balaban J connectivity index is 1.49. The zero-order valence-corrected chi connectivity index (χ0v) is 15.5. The van der Waals surface area contributed by atoms with Crippen molar-refractivity contribution in [2.45, 2.75) is 45.1 Å². The van der Waals surface area contributed by atoms with Crippen LogP contribution in [-0.4, -0.2) is 59.2 Å². The van der Waals surface area contributed by atoms with Crippen molar-refractivity contribution in [3.63, 3.8) is 0 Å². The minimum absolute atomic E-state index is 0.0431. The molecule has 1 aromatic rings. The van der Waals surface area contributed by atoms with Crippen LogP contribution in [-0.2, 0) is 14.3 Å². The van der Waals surface area contributed by atoms with Gasteiger partial charge in [0.2, 0.25) is 5.91 Å². The maximum absolute atomic E-state index is 12.5. The average Bonchev–Trinajstić information content (AvgIpc) is 3.46. The Morgan fingerprint density at radius 2 is 1.74 bits per heavy atom. The van der Waals surface area contributed by atoms with Gasteiger partial charge in [0.1, 0.15) is 0 Å². The van der Waals surface area contributed by atoms with Crippen LogP contribution in [0.25, 0.3) is 0 Å². The molecule has 2 aliphatic rings. The first-order valence-electron chi connectivity index (χ1n) is 9.43. The van der Waals surface area contributed by atoms with Crippen molar-refractivity contribution in [1.82, 2.24) is 9.80 Å². The summed E-state index contributed by atoms with van der Waals surface area (Å²) in [5.41, 5.74) is 0.839. The Hall–Kier alpha value is -2.70. The molecule has 1 heterocycles. The molecule has 0 N–H and O–H groups in total. The third-order valence-corrected chi connectivity index (χ3v) is 4.82. The molecule has 1 saturated carbocycles. The van der Waals surface area contributed by atoms with Gasteiger partial charge in [-0.2, -0.15) is 0 Å². The zero-order chi connectivity index (χ0) is 19.4. The summed E-state index contributed by atoms with van der Waals surface area (Å²) in [5, 5.41) is 0. The molecule has 1 aliphatic heterocycles. The van der Waals surface area contributed by atoms with Crippen molar-refractivity contribution < 1.29 is 23.9 Å². The van der Waals surface area contributed by atoms with Gasteiger partial charge < -0.3 is 9.64 Å². The second-order valence-corrected chi connectivity index (χ2v) is 6.78. The van der Waals surface area contributed by atoms with E-state index in [9.17, 15) is 19.2 Å². The lowest BCUT2D eigenvalue weighted by Gasteiger charge is -2.22. The molecule has 1 aliphatic carbocycles. The van der Waals surface area contributed by atoms with Crippen molar-refractivity contribution in [1.29, 1.82) is 0 Å². The van der Waals surface area contributed by atoms with Crippen molar-refractivity contribution in [2.24, 2.45) is 0 Å². The van der Waals surface area contributed by atoms with E-state index in [0.29, 0.717) is 30.7 Å². The number of ether oxygens (including phenoxy) is 1. The third-order valence-electron chi connectivity index (χ3n) is 4.82. The molecular weight excluding hydrogens is 348 g/mol. The monoisotopic (exact) mass is 372 g/mol. The van der Waals surface area contributed by atoms with Crippen molar-refractivity contribution in [3.05, 3.63) is 35.4 Å². The number of esters is 1. The van der Waals surface area contributed by atoms with Gasteiger partial charge in [-0.15, -0.1) is 0 Å². The van der Waals surface area contributed by atoms with E-state index in [-0.39, 0.29) is 49.1 Å². The van der Waals surface area contributed by atoms with Crippen molar-refractivity contribution >= 4 is 23.7 Å². The molecule has 0 unspecified atom stereocenters. The Morgan fingerprint density at radius 3 is 2.30 bits per heavy atom. The van der Waals surface area contributed by atoms with E-state index < -0.39 is 0 Å². The first-order chi connectivity index (χ1) is 13.0. The molecule has 1 fully saturated rings. The highest BCUT2D eigenvalue weighted by molar-refractivity contribution is 6.21. The second-order valence-electron chi connectivity index (χ2n) is 6.78. The summed E-state index contributed by atoms with van der Waals surface area (Å²) in [6.45, 7) is 2.65. The molecule has 0 bridgehead atoms. The highest BCUT2D eigenvalue weighted by Gasteiger charge is 2.35. The number of fused-ring (bicyclic) bond motifs is 1. The lowest BCUT2D eigenvalue weighted by atomic mass is 10.1. The van der Waals surface area contributed by atoms with E-state index in [1.807, 2.05) is 0 Å². The summed E-state index contributed by atoms with van der Waals surface area (Å²) in [6, 6.07) is 6.95. The van der Waals surface area contributed by atoms with Gasteiger partial charge in [-0.3, -0.25) is 24.1 Å². The van der Waals surface area contributed by atoms with E-state index in [1.54, 1.807) is 36.1 Å². The number of carbonyl (C=O) groups excluding carboxylic acids is 4. The number of imide groups is 1. The van der Waals surface area contributed by atoms with Gasteiger partial charge >= 0.3 is 5.97 Å². The fourth-order valence-corrected chi connectivity index (χ4v) is 3.32. The summed E-state index contributed by atoms with van der Waals surface area (Å²) < 4.78 is 4.92. The Labute approximate surface area is 158 Å². The van der Waals surface area contributed by atoms with Crippen LogP contribution in [0.4, 0.5) is 0 Å². The first-order valence-corrected chi connectivity index (χ1v) is 9.43. The van der Waals surface area contributed by atoms with E-state index in [0.717, 1.165) is 12.8 Å². The highest BCUT2D eigenvalue weighted by atomic mass is 16.5. The van der Waals surface area contributed by atoms with Crippen LogP contribution in [0.1, 0.15) is 59.7 Å². The van der Waals surface area contributed by atoms with E-state index in [1.165, 1.54) is 4.90 Å². The maximum Gasteiger partial charge on any atom is 0.307 e. The van der Waals surface area contributed by atoms with E-state index in [4.69, 9.17) is 4.74 Å². The van der Waals surface area contributed by atoms with E-state index >= 15 is 0 Å². The van der Waals surface area contributed by atoms with Gasteiger partial charge in [-0.05, 0) is 38.3 Å². The Kier molecular flexibility index (Phi) is 5.88. The molecule has 0 atom stereocenters. The lowest BCUT2D eigenvalue weighted by molar-refractivity contribution is -0.144. The van der Waals surface area contributed by atoms with Gasteiger partial charge in [-0.1, -0.05) is 12.1 Å². The standard InChI is InChI=1S/C20H24N2O5/c1-2-27-18(24)11-13-21(14-9-10-14)17(23)8-5-12-22-19(25)15-6-3-4-7-16(15)20(22)26/h3-4,6-7,14H,2,5,8-13H2,1H3. The average molecular weight is 372 g/mol. The highest BCUT2D eigenvalue weighted by Crippen LogP contribution is 2.28. The molecule has 0 saturated heterocycles. The molecule has 0 radical (unpaired) electrons. The second kappa shape index (κ2) is 8.33. The summed E-state index contributed by atoms with van der Waals surface area (Å²) in [6.07, 6.45) is 2.74. The molecule has 27 heavy (non-hydrogen) atoms. The van der Waals surface area contributed by atoms with E-state index in [2.05, 4.69) is 0 Å². The molecule has 144 valence electrons. The van der Waals surface area contributed by atoms with Crippen LogP contribution in [0.5, 0.6) is 0 Å². The molecule has 0 spiro atoms. The normalized spacial score (nSPS) is 15.7. The largest absolute Gasteiger partial charge is 0.466 e. The smallest absolute Gasteiger partial charge is 0.307 e. The minimum Gasteiger partial charge on any atom is -0.466 e. The summed E-state index contributed by atoms with van der Waals surface area (Å²) >= 11 is 0. The third kappa shape index (κ3) is 4.35. The molecule has 3 amide bonds. The number of rotatable bonds is 9. The number of hydrogen-bond donors (Lipinski definition) is 0. The quantitative estimate of drug-likeness (QED) is 0.489. The Morgan fingerprint density at radius 1 is 1.11 bits per heavy atom. The molecular formula is C20H24N2O5. The molecule has 0 aromatic heterocycles. The number of carbonyl (C=O) groups is 4. The number of nitrogens with zero attached hydrogens (tertiary/aromatic N) is 2. The first kappa shape index (κ1) is 19.1. The summed E-state index contributed by atoms with van der Waals surface area (Å²) in [4.78, 5) is 51.7. The van der Waals surface area contributed by atoms with Gasteiger partial charge in [0, 0.05) is 25.6 Å². The predicted molar refractivity (Wildman–Crippen MR) is 97.0 cm³/mol. The van der Waals surface area contributed by atoms with Crippen LogP contribution in [0.2, 0.25) is 0 Å². The summed E-state index contributed by atoms with van der Waals surface area (Å²) in [5.74, 6) is -0.950. The fraction of sp³-hybridized carbons (Fsp3) is 0.500. The number of hydrogen-bond acceptors (Lipinski definition) is 5. The van der Waals surface area contributed by atoms with Crippen LogP contribution in [0.3, 0.4) is 0 Å². The lowest BCUT2D eigenvalue weighted by Crippen LogP contribution is -2.36. The van der Waals surface area contributed by atoms with Crippen LogP contribution < -0.4 is 0 Å². The van der Waals surface area contributed by atoms with Crippen molar-refractivity contribution in [3.8, 4) is 0 Å². The Bertz CT molecular complexity index is 721. The number of amides is 3. The van der Waals surface area contributed by atoms with Crippen LogP contribution in [0, 0.1) is 0 Å². The van der Waals surface area contributed by atoms with Crippen molar-refractivity contribution in [2.75, 3.05) is 19.7 Å². The van der Waals surface area contributed by atoms with Crippen LogP contribution >= 0.6 is 0 Å². The SMILES string of the molecule is CCOC(=O)CCN(C(=O)CCCN1C(=O)c2ccccc2C1=O)C1CC1. The van der Waals surface area contributed by atoms with Crippen LogP contribution in [0.15, 0.2) is 24.3 Å².